The lowest BCUT2D eigenvalue weighted by molar-refractivity contribution is -0.379. The monoisotopic (exact) mass is 785 g/mol. The Morgan fingerprint density at radius 1 is 0.556 bits per heavy atom. The first-order valence-corrected chi connectivity index (χ1v) is 19.5. The van der Waals surface area contributed by atoms with E-state index in [1.54, 1.807) is 6.08 Å². The molecule has 0 amide bonds. The van der Waals surface area contributed by atoms with Crippen molar-refractivity contribution < 1.29 is 84.6 Å². The molecule has 3 aliphatic rings. The van der Waals surface area contributed by atoms with Crippen LogP contribution in [-0.2, 0) is 28.4 Å². The highest BCUT2D eigenvalue weighted by atomic mass is 16.8. The summed E-state index contributed by atoms with van der Waals surface area (Å²) < 4.78 is 33.3. The molecule has 0 unspecified atom stereocenters. The number of hydrogen-bond donors (Lipinski definition) is 12. The first-order chi connectivity index (χ1) is 25.9. The molecule has 0 bridgehead atoms. The van der Waals surface area contributed by atoms with E-state index in [2.05, 4.69) is 6.92 Å². The second-order valence-corrected chi connectivity index (χ2v) is 14.6. The molecule has 0 aromatic heterocycles. The summed E-state index contributed by atoms with van der Waals surface area (Å²) in [6.07, 6.45) is -8.26. The van der Waals surface area contributed by atoms with E-state index in [9.17, 15) is 56.2 Å². The fourth-order valence-electron chi connectivity index (χ4n) is 6.79. The van der Waals surface area contributed by atoms with Gasteiger partial charge in [0, 0.05) is 0 Å². The predicted octanol–water partition coefficient (Wildman–Crippen LogP) is -2.60. The number of hydrogen-bond acceptors (Lipinski definition) is 18. The smallest absolute Gasteiger partial charge is 0.187 e. The molecule has 0 aromatic rings. The van der Waals surface area contributed by atoms with Gasteiger partial charge in [-0.3, -0.25) is 0 Å². The van der Waals surface area contributed by atoms with Crippen molar-refractivity contribution in [2.75, 3.05) is 26.4 Å². The third kappa shape index (κ3) is 13.6. The van der Waals surface area contributed by atoms with Gasteiger partial charge in [0.15, 0.2) is 18.9 Å². The van der Waals surface area contributed by atoms with Crippen molar-refractivity contribution in [3.05, 3.63) is 12.2 Å². The van der Waals surface area contributed by atoms with Gasteiger partial charge in [0.2, 0.25) is 0 Å². The van der Waals surface area contributed by atoms with Crippen LogP contribution in [0.2, 0.25) is 0 Å². The van der Waals surface area contributed by atoms with E-state index in [4.69, 9.17) is 34.2 Å². The molecule has 3 rings (SSSR count). The second kappa shape index (κ2) is 24.7. The van der Waals surface area contributed by atoms with Crippen LogP contribution >= 0.6 is 0 Å². The Labute approximate surface area is 317 Å². The summed E-state index contributed by atoms with van der Waals surface area (Å²) in [5, 5.41) is 114. The molecule has 18 nitrogen and oxygen atoms in total. The van der Waals surface area contributed by atoms with Crippen LogP contribution in [0.1, 0.15) is 84.0 Å². The van der Waals surface area contributed by atoms with Crippen molar-refractivity contribution in [2.24, 2.45) is 5.73 Å². The molecule has 3 aliphatic heterocycles. The molecule has 18 heteroatoms. The van der Waals surface area contributed by atoms with Gasteiger partial charge in [0.1, 0.15) is 73.2 Å². The Hall–Kier alpha value is -0.980. The van der Waals surface area contributed by atoms with Gasteiger partial charge in [-0.2, -0.15) is 0 Å². The zero-order chi connectivity index (χ0) is 39.8. The maximum Gasteiger partial charge on any atom is 0.187 e. The molecule has 0 aromatic carbocycles. The molecule has 0 spiro atoms. The highest BCUT2D eigenvalue weighted by Crippen LogP contribution is 2.32. The van der Waals surface area contributed by atoms with Crippen molar-refractivity contribution in [1.82, 2.24) is 0 Å². The lowest BCUT2D eigenvalue weighted by Crippen LogP contribution is -2.66. The average molecular weight is 786 g/mol. The predicted molar refractivity (Wildman–Crippen MR) is 189 cm³/mol. The van der Waals surface area contributed by atoms with E-state index in [-0.39, 0.29) is 6.61 Å². The van der Waals surface area contributed by atoms with Crippen LogP contribution in [0, 0.1) is 0 Å². The molecule has 0 radical (unpaired) electrons. The highest BCUT2D eigenvalue weighted by molar-refractivity contribution is 4.97. The molecular weight excluding hydrogens is 718 g/mol. The van der Waals surface area contributed by atoms with Crippen LogP contribution < -0.4 is 5.73 Å². The Morgan fingerprint density at radius 3 is 1.48 bits per heavy atom. The molecule has 13 N–H and O–H groups in total. The third-order valence-corrected chi connectivity index (χ3v) is 10.3. The number of rotatable bonds is 24. The summed E-state index contributed by atoms with van der Waals surface area (Å²) in [5.41, 5.74) is 6.08. The largest absolute Gasteiger partial charge is 0.394 e. The Kier molecular flexibility index (Phi) is 21.7. The summed E-state index contributed by atoms with van der Waals surface area (Å²) in [7, 11) is 0. The molecule has 54 heavy (non-hydrogen) atoms. The van der Waals surface area contributed by atoms with E-state index in [1.807, 2.05) is 6.08 Å². The van der Waals surface area contributed by atoms with Crippen LogP contribution in [0.15, 0.2) is 12.2 Å². The van der Waals surface area contributed by atoms with E-state index in [1.165, 1.54) is 57.8 Å². The Morgan fingerprint density at radius 2 is 0.981 bits per heavy atom. The maximum atomic E-state index is 10.9. The minimum atomic E-state index is -1.94. The molecule has 17 atom stereocenters. The van der Waals surface area contributed by atoms with E-state index < -0.39 is 124 Å². The fraction of sp³-hybridized carbons (Fsp3) is 0.944. The van der Waals surface area contributed by atoms with Gasteiger partial charge in [-0.05, 0) is 12.8 Å². The summed E-state index contributed by atoms with van der Waals surface area (Å²) >= 11 is 0. The SMILES string of the molecule is CCCCCCCCCCCCCC=C[C@@H](O)[C@@H](N)CO[C@@H]1O[C@H](CO)[C@@H](O[C@@H]2O[C@H](CO)[C@H](O[C@H]3O[C@H](CO)[C@H](O)[C@H](O)[C@H]3O)[C@H](O)[C@H]2O)[C@H](O)[C@H]1O. The number of unbranched alkanes of at least 4 members (excludes halogenated alkanes) is 11. The normalized spacial score (nSPS) is 38.9. The van der Waals surface area contributed by atoms with Gasteiger partial charge < -0.3 is 90.3 Å². The summed E-state index contributed by atoms with van der Waals surface area (Å²) in [6, 6.07) is -0.908. The van der Waals surface area contributed by atoms with Crippen LogP contribution in [0.4, 0.5) is 0 Å². The van der Waals surface area contributed by atoms with Gasteiger partial charge in [0.25, 0.3) is 0 Å². The first kappa shape index (κ1) is 47.4. The van der Waals surface area contributed by atoms with Crippen molar-refractivity contribution in [3.8, 4) is 0 Å². The fourth-order valence-corrected chi connectivity index (χ4v) is 6.79. The summed E-state index contributed by atoms with van der Waals surface area (Å²) in [6.45, 7) is -0.413. The van der Waals surface area contributed by atoms with Crippen molar-refractivity contribution >= 4 is 0 Å². The number of nitrogens with two attached hydrogens (primary N) is 1. The maximum absolute atomic E-state index is 10.9. The Balaban J connectivity index is 1.44. The minimum Gasteiger partial charge on any atom is -0.394 e. The third-order valence-electron chi connectivity index (χ3n) is 10.3. The van der Waals surface area contributed by atoms with Crippen molar-refractivity contribution in [1.29, 1.82) is 0 Å². The van der Waals surface area contributed by atoms with Crippen molar-refractivity contribution in [3.63, 3.8) is 0 Å². The Bertz CT molecular complexity index is 1030. The topological polar surface area (TPSA) is 304 Å². The van der Waals surface area contributed by atoms with E-state index in [0.717, 1.165) is 19.3 Å². The van der Waals surface area contributed by atoms with Crippen LogP contribution in [0.5, 0.6) is 0 Å². The second-order valence-electron chi connectivity index (χ2n) is 14.6. The molecule has 3 heterocycles. The van der Waals surface area contributed by atoms with Gasteiger partial charge >= 0.3 is 0 Å². The number of ether oxygens (including phenoxy) is 6. The van der Waals surface area contributed by atoms with Crippen LogP contribution in [0.3, 0.4) is 0 Å². The highest BCUT2D eigenvalue weighted by Gasteiger charge is 2.53. The quantitative estimate of drug-likeness (QED) is 0.0353. The summed E-state index contributed by atoms with van der Waals surface area (Å²) in [5.74, 6) is 0. The standard InChI is InChI=1S/C36H67NO17/c1-2-3-4-5-6-7-8-9-10-11-12-13-14-15-21(41)20(37)19-49-34-30(47)27(44)32(23(17-39)51-34)54-36-31(48)28(45)33(24(18-40)52-36)53-35-29(46)26(43)25(42)22(16-38)50-35/h14-15,20-36,38-48H,2-13,16-19,37H2,1H3/t20-,21+,22+,23+,24+,25-,26-,27+,28+,29+,30+,31+,32+,33-,34+,35+,36-/m0/s1. The zero-order valence-corrected chi connectivity index (χ0v) is 31.2. The summed E-state index contributed by atoms with van der Waals surface area (Å²) in [4.78, 5) is 0. The molecule has 3 saturated heterocycles. The van der Waals surface area contributed by atoms with Gasteiger partial charge in [0.05, 0.1) is 38.6 Å². The van der Waals surface area contributed by atoms with Crippen LogP contribution in [-0.4, -0.2) is 187 Å². The average Bonchev–Trinajstić information content (AvgIpc) is 3.17. The van der Waals surface area contributed by atoms with Gasteiger partial charge in [-0.25, -0.2) is 0 Å². The molecule has 3 fully saturated rings. The lowest BCUT2D eigenvalue weighted by atomic mass is 9.96. The molecular formula is C36H67NO17. The molecule has 318 valence electrons. The minimum absolute atomic E-state index is 0.285. The van der Waals surface area contributed by atoms with Crippen LogP contribution in [0.25, 0.3) is 0 Å². The zero-order valence-electron chi connectivity index (χ0n) is 31.2. The number of aliphatic hydroxyl groups excluding tert-OH is 11. The first-order valence-electron chi connectivity index (χ1n) is 19.5. The number of aliphatic hydroxyl groups is 11. The molecule has 0 saturated carbocycles. The van der Waals surface area contributed by atoms with Gasteiger partial charge in [-0.15, -0.1) is 0 Å². The van der Waals surface area contributed by atoms with E-state index in [0.29, 0.717) is 0 Å². The molecule has 0 aliphatic carbocycles. The van der Waals surface area contributed by atoms with E-state index >= 15 is 0 Å². The number of allylic oxidation sites excluding steroid dienone is 1. The van der Waals surface area contributed by atoms with Crippen molar-refractivity contribution in [2.45, 2.75) is 188 Å². The van der Waals surface area contributed by atoms with Gasteiger partial charge in [-0.1, -0.05) is 83.3 Å². The lowest BCUT2D eigenvalue weighted by Gasteiger charge is -2.48.